The molecule has 0 aromatic carbocycles. The first-order valence-electron chi connectivity index (χ1n) is 6.44. The zero-order valence-corrected chi connectivity index (χ0v) is 11.8. The molecular formula is C13H24N4O. The smallest absolute Gasteiger partial charge is 0.240 e. The highest BCUT2D eigenvalue weighted by Gasteiger charge is 2.14. The number of nitrogens with zero attached hydrogens (tertiary/aromatic N) is 2. The summed E-state index contributed by atoms with van der Waals surface area (Å²) >= 11 is 0. The Morgan fingerprint density at radius 2 is 2.17 bits per heavy atom. The second-order valence-electron chi connectivity index (χ2n) is 5.45. The van der Waals surface area contributed by atoms with Crippen LogP contribution in [0.15, 0.2) is 12.4 Å². The Hall–Kier alpha value is -1.36. The number of carbonyl (C=O) groups is 1. The van der Waals surface area contributed by atoms with Crippen molar-refractivity contribution in [3.8, 4) is 0 Å². The minimum atomic E-state index is -0.196. The van der Waals surface area contributed by atoms with Crippen molar-refractivity contribution in [1.82, 2.24) is 20.2 Å². The van der Waals surface area contributed by atoms with Crippen LogP contribution in [0.4, 0.5) is 0 Å². The molecule has 0 atom stereocenters. The van der Waals surface area contributed by atoms with Crippen molar-refractivity contribution in [2.45, 2.75) is 52.7 Å². The third kappa shape index (κ3) is 5.31. The molecule has 2 N–H and O–H groups in total. The number of amides is 1. The van der Waals surface area contributed by atoms with Gasteiger partial charge in [-0.3, -0.25) is 4.79 Å². The summed E-state index contributed by atoms with van der Waals surface area (Å²) in [5, 5.41) is 6.23. The lowest BCUT2D eigenvalue weighted by atomic mass is 10.1. The summed E-state index contributed by atoms with van der Waals surface area (Å²) in [4.78, 5) is 16.1. The Morgan fingerprint density at radius 3 is 2.78 bits per heavy atom. The molecule has 0 aliphatic carbocycles. The molecule has 0 bridgehead atoms. The zero-order chi connectivity index (χ0) is 13.6. The molecular weight excluding hydrogens is 228 g/mol. The van der Waals surface area contributed by atoms with Gasteiger partial charge < -0.3 is 15.2 Å². The molecule has 102 valence electrons. The van der Waals surface area contributed by atoms with Crippen LogP contribution in [0, 0.1) is 0 Å². The summed E-state index contributed by atoms with van der Waals surface area (Å²) in [6.07, 6.45) is 4.66. The van der Waals surface area contributed by atoms with Gasteiger partial charge in [0.2, 0.25) is 5.91 Å². The van der Waals surface area contributed by atoms with Gasteiger partial charge in [0.1, 0.15) is 12.4 Å². The van der Waals surface area contributed by atoms with Gasteiger partial charge in [0.15, 0.2) is 0 Å². The monoisotopic (exact) mass is 252 g/mol. The normalized spacial score (nSPS) is 11.6. The lowest BCUT2D eigenvalue weighted by Gasteiger charge is -2.21. The number of imidazole rings is 1. The summed E-state index contributed by atoms with van der Waals surface area (Å²) in [5.74, 6) is 0.907. The zero-order valence-electron chi connectivity index (χ0n) is 11.8. The van der Waals surface area contributed by atoms with E-state index in [0.29, 0.717) is 13.1 Å². The van der Waals surface area contributed by atoms with Crippen LogP contribution in [0.5, 0.6) is 0 Å². The van der Waals surface area contributed by atoms with Gasteiger partial charge in [0, 0.05) is 17.9 Å². The van der Waals surface area contributed by atoms with Crippen LogP contribution in [0.25, 0.3) is 0 Å². The molecule has 1 amide bonds. The predicted octanol–water partition coefficient (Wildman–Crippen LogP) is 1.30. The topological polar surface area (TPSA) is 59.0 Å². The third-order valence-electron chi connectivity index (χ3n) is 2.34. The number of aromatic nitrogens is 2. The minimum Gasteiger partial charge on any atom is -0.350 e. The molecule has 0 fully saturated rings. The molecule has 0 saturated heterocycles. The summed E-state index contributed by atoms with van der Waals surface area (Å²) in [6, 6.07) is 0. The van der Waals surface area contributed by atoms with Crippen LogP contribution in [0.1, 0.15) is 39.9 Å². The fourth-order valence-corrected chi connectivity index (χ4v) is 1.64. The number of carbonyl (C=O) groups excluding carboxylic acids is 1. The van der Waals surface area contributed by atoms with Crippen molar-refractivity contribution in [1.29, 1.82) is 0 Å². The molecule has 0 unspecified atom stereocenters. The predicted molar refractivity (Wildman–Crippen MR) is 72.1 cm³/mol. The molecule has 1 rings (SSSR count). The number of hydrogen-bond acceptors (Lipinski definition) is 3. The van der Waals surface area contributed by atoms with Crippen LogP contribution in [0.3, 0.4) is 0 Å². The maximum atomic E-state index is 11.8. The van der Waals surface area contributed by atoms with E-state index < -0.39 is 0 Å². The number of hydrogen-bond donors (Lipinski definition) is 2. The van der Waals surface area contributed by atoms with E-state index in [4.69, 9.17) is 0 Å². The van der Waals surface area contributed by atoms with Crippen molar-refractivity contribution in [3.63, 3.8) is 0 Å². The molecule has 0 radical (unpaired) electrons. The van der Waals surface area contributed by atoms with Gasteiger partial charge in [-0.15, -0.1) is 0 Å². The molecule has 1 aromatic rings. The van der Waals surface area contributed by atoms with Gasteiger partial charge in [-0.1, -0.05) is 6.92 Å². The van der Waals surface area contributed by atoms with Gasteiger partial charge in [-0.25, -0.2) is 4.98 Å². The number of nitrogens with one attached hydrogen (secondary N) is 2. The van der Waals surface area contributed by atoms with Crippen LogP contribution >= 0.6 is 0 Å². The maximum absolute atomic E-state index is 11.8. The summed E-state index contributed by atoms with van der Waals surface area (Å²) in [5.41, 5.74) is -0.196. The fourth-order valence-electron chi connectivity index (χ4n) is 1.64. The lowest BCUT2D eigenvalue weighted by Crippen LogP contribution is -2.42. The molecule has 0 saturated carbocycles. The second kappa shape index (κ2) is 6.54. The molecule has 1 aromatic heterocycles. The first-order chi connectivity index (χ1) is 8.42. The quantitative estimate of drug-likeness (QED) is 0.750. The average molecular weight is 252 g/mol. The summed E-state index contributed by atoms with van der Waals surface area (Å²) in [7, 11) is 0. The second-order valence-corrected chi connectivity index (χ2v) is 5.45. The van der Waals surface area contributed by atoms with Gasteiger partial charge >= 0.3 is 0 Å². The molecule has 0 aliphatic heterocycles. The van der Waals surface area contributed by atoms with E-state index in [1.165, 1.54) is 0 Å². The lowest BCUT2D eigenvalue weighted by molar-refractivity contribution is -0.123. The van der Waals surface area contributed by atoms with Crippen LogP contribution in [-0.2, 0) is 17.9 Å². The summed E-state index contributed by atoms with van der Waals surface area (Å²) in [6.45, 7) is 10.0. The molecule has 0 spiro atoms. The van der Waals surface area contributed by atoms with Crippen LogP contribution < -0.4 is 10.6 Å². The van der Waals surface area contributed by atoms with Gasteiger partial charge in [-0.2, -0.15) is 0 Å². The van der Waals surface area contributed by atoms with E-state index in [1.807, 2.05) is 31.5 Å². The van der Waals surface area contributed by atoms with Crippen molar-refractivity contribution in [2.24, 2.45) is 0 Å². The highest BCUT2D eigenvalue weighted by atomic mass is 16.2. The van der Waals surface area contributed by atoms with Crippen LogP contribution in [-0.4, -0.2) is 27.5 Å². The summed E-state index contributed by atoms with van der Waals surface area (Å²) < 4.78 is 1.88. The maximum Gasteiger partial charge on any atom is 0.240 e. The standard InChI is InChI=1S/C13H24N4O/c1-5-6-14-9-11-15-7-8-17(11)10-12(18)16-13(2,3)4/h7-8,14H,5-6,9-10H2,1-4H3,(H,16,18). The fraction of sp³-hybridized carbons (Fsp3) is 0.692. The first-order valence-corrected chi connectivity index (χ1v) is 6.44. The Balaban J connectivity index is 2.51. The van der Waals surface area contributed by atoms with Crippen LogP contribution in [0.2, 0.25) is 0 Å². The van der Waals surface area contributed by atoms with E-state index in [1.54, 1.807) is 6.20 Å². The van der Waals surface area contributed by atoms with E-state index in [2.05, 4.69) is 22.5 Å². The molecule has 18 heavy (non-hydrogen) atoms. The Kier molecular flexibility index (Phi) is 5.34. The van der Waals surface area contributed by atoms with Gasteiger partial charge in [0.05, 0.1) is 6.54 Å². The largest absolute Gasteiger partial charge is 0.350 e. The molecule has 5 nitrogen and oxygen atoms in total. The first kappa shape index (κ1) is 14.7. The highest BCUT2D eigenvalue weighted by molar-refractivity contribution is 5.76. The third-order valence-corrected chi connectivity index (χ3v) is 2.34. The van der Waals surface area contributed by atoms with E-state index >= 15 is 0 Å². The van der Waals surface area contributed by atoms with E-state index in [0.717, 1.165) is 18.8 Å². The van der Waals surface area contributed by atoms with Crippen molar-refractivity contribution >= 4 is 5.91 Å². The minimum absolute atomic E-state index is 0.0113. The molecule has 1 heterocycles. The van der Waals surface area contributed by atoms with Crippen molar-refractivity contribution in [3.05, 3.63) is 18.2 Å². The SMILES string of the molecule is CCCNCc1nccn1CC(=O)NC(C)(C)C. The van der Waals surface area contributed by atoms with E-state index in [9.17, 15) is 4.79 Å². The Bertz CT molecular complexity index is 379. The van der Waals surface area contributed by atoms with Crippen molar-refractivity contribution in [2.75, 3.05) is 6.54 Å². The van der Waals surface area contributed by atoms with Crippen molar-refractivity contribution < 1.29 is 4.79 Å². The molecule has 0 aliphatic rings. The van der Waals surface area contributed by atoms with E-state index in [-0.39, 0.29) is 11.4 Å². The highest BCUT2D eigenvalue weighted by Crippen LogP contribution is 2.01. The Labute approximate surface area is 109 Å². The van der Waals surface area contributed by atoms with Gasteiger partial charge in [0.25, 0.3) is 0 Å². The Morgan fingerprint density at radius 1 is 1.44 bits per heavy atom. The number of rotatable bonds is 6. The van der Waals surface area contributed by atoms with Gasteiger partial charge in [-0.05, 0) is 33.7 Å². The molecule has 5 heteroatoms. The average Bonchev–Trinajstić information content (AvgIpc) is 2.63.